The van der Waals surface area contributed by atoms with Gasteiger partial charge in [0.1, 0.15) is 5.75 Å². The van der Waals surface area contributed by atoms with Crippen molar-refractivity contribution in [2.75, 3.05) is 26.2 Å². The molecule has 2 aromatic heterocycles. The molecule has 0 aliphatic carbocycles. The SMILES string of the molecule is CCCCc1c(Cl)c2ccccn2c1C(=O)c1ccc(OCCCCCCN(CCCC)CCCC)cc1. The Bertz CT molecular complexity index is 1100. The van der Waals surface area contributed by atoms with Crippen LogP contribution in [0.1, 0.15) is 107 Å². The molecule has 0 N–H and O–H groups in total. The molecule has 38 heavy (non-hydrogen) atoms. The van der Waals surface area contributed by atoms with Crippen LogP contribution >= 0.6 is 11.6 Å². The number of hydrogen-bond donors (Lipinski definition) is 0. The summed E-state index contributed by atoms with van der Waals surface area (Å²) in [5.41, 5.74) is 3.17. The van der Waals surface area contributed by atoms with Crippen LogP contribution in [-0.2, 0) is 6.42 Å². The molecule has 0 aliphatic rings. The average molecular weight is 539 g/mol. The number of carbonyl (C=O) groups excluding carboxylic acids is 1. The van der Waals surface area contributed by atoms with Crippen molar-refractivity contribution >= 4 is 22.9 Å². The number of benzene rings is 1. The van der Waals surface area contributed by atoms with Gasteiger partial charge in [0.2, 0.25) is 5.78 Å². The van der Waals surface area contributed by atoms with Crippen LogP contribution in [0.5, 0.6) is 5.75 Å². The molecule has 0 amide bonds. The molecule has 0 atom stereocenters. The summed E-state index contributed by atoms with van der Waals surface area (Å²) < 4.78 is 7.92. The molecule has 0 saturated heterocycles. The van der Waals surface area contributed by atoms with Gasteiger partial charge in [0, 0.05) is 17.3 Å². The summed E-state index contributed by atoms with van der Waals surface area (Å²) >= 11 is 6.72. The lowest BCUT2D eigenvalue weighted by Gasteiger charge is -2.21. The second-order valence-electron chi connectivity index (χ2n) is 10.4. The zero-order valence-electron chi connectivity index (χ0n) is 23.8. The number of unbranched alkanes of at least 4 members (excludes halogenated alkanes) is 6. The third-order valence-corrected chi connectivity index (χ3v) is 7.70. The molecule has 0 bridgehead atoms. The van der Waals surface area contributed by atoms with Gasteiger partial charge in [-0.05, 0) is 94.6 Å². The maximum atomic E-state index is 13.6. The highest BCUT2D eigenvalue weighted by Crippen LogP contribution is 2.32. The lowest BCUT2D eigenvalue weighted by Crippen LogP contribution is -2.27. The quantitative estimate of drug-likeness (QED) is 0.113. The van der Waals surface area contributed by atoms with Crippen molar-refractivity contribution in [1.82, 2.24) is 9.30 Å². The van der Waals surface area contributed by atoms with E-state index in [2.05, 4.69) is 25.7 Å². The van der Waals surface area contributed by atoms with Crippen LogP contribution in [0.3, 0.4) is 0 Å². The first-order valence-corrected chi connectivity index (χ1v) is 15.3. The summed E-state index contributed by atoms with van der Waals surface area (Å²) in [5, 5.41) is 0.692. The van der Waals surface area contributed by atoms with E-state index >= 15 is 0 Å². The van der Waals surface area contributed by atoms with E-state index in [1.807, 2.05) is 53.1 Å². The van der Waals surface area contributed by atoms with E-state index in [1.54, 1.807) is 0 Å². The van der Waals surface area contributed by atoms with Gasteiger partial charge in [-0.25, -0.2) is 0 Å². The Labute approximate surface area is 235 Å². The van der Waals surface area contributed by atoms with E-state index < -0.39 is 0 Å². The van der Waals surface area contributed by atoms with Crippen molar-refractivity contribution in [1.29, 1.82) is 0 Å². The molecule has 5 heteroatoms. The van der Waals surface area contributed by atoms with Crippen LogP contribution in [0.25, 0.3) is 5.52 Å². The van der Waals surface area contributed by atoms with Gasteiger partial charge in [-0.2, -0.15) is 0 Å². The number of pyridine rings is 1. The summed E-state index contributed by atoms with van der Waals surface area (Å²) in [6.07, 6.45) is 14.7. The largest absolute Gasteiger partial charge is 0.494 e. The smallest absolute Gasteiger partial charge is 0.210 e. The molecule has 0 spiro atoms. The number of aromatic nitrogens is 1. The average Bonchev–Trinajstić information content (AvgIpc) is 3.23. The van der Waals surface area contributed by atoms with E-state index in [-0.39, 0.29) is 5.78 Å². The Kier molecular flexibility index (Phi) is 13.2. The standard InChI is InChI=1S/C33H47ClN2O2/c1-4-7-16-29-31(34)30-17-12-14-25-36(30)32(29)33(37)27-18-20-28(21-19-27)38-26-15-11-10-13-24-35(22-8-5-2)23-9-6-3/h12,14,17-21,25H,4-11,13,15-16,22-24,26H2,1-3H3. The predicted octanol–water partition coefficient (Wildman–Crippen LogP) is 9.01. The van der Waals surface area contributed by atoms with Crippen LogP contribution in [-0.4, -0.2) is 41.3 Å². The van der Waals surface area contributed by atoms with Crippen molar-refractivity contribution in [3.63, 3.8) is 0 Å². The minimum atomic E-state index is 0.00247. The molecule has 0 radical (unpaired) electrons. The van der Waals surface area contributed by atoms with Crippen molar-refractivity contribution in [2.24, 2.45) is 0 Å². The van der Waals surface area contributed by atoms with Gasteiger partial charge in [0.25, 0.3) is 0 Å². The predicted molar refractivity (Wildman–Crippen MR) is 161 cm³/mol. The van der Waals surface area contributed by atoms with Crippen LogP contribution in [0.2, 0.25) is 5.02 Å². The number of halogens is 1. The first kappa shape index (κ1) is 30.2. The molecule has 1 aromatic carbocycles. The molecule has 0 aliphatic heterocycles. The van der Waals surface area contributed by atoms with Crippen LogP contribution in [0.15, 0.2) is 48.7 Å². The van der Waals surface area contributed by atoms with E-state index in [0.717, 1.165) is 42.5 Å². The van der Waals surface area contributed by atoms with Gasteiger partial charge in [0.05, 0.1) is 22.8 Å². The number of ether oxygens (including phenoxy) is 1. The van der Waals surface area contributed by atoms with Gasteiger partial charge in [-0.15, -0.1) is 0 Å². The number of fused-ring (bicyclic) bond motifs is 1. The van der Waals surface area contributed by atoms with Crippen molar-refractivity contribution < 1.29 is 9.53 Å². The fourth-order valence-electron chi connectivity index (χ4n) is 4.97. The van der Waals surface area contributed by atoms with Crippen molar-refractivity contribution in [3.8, 4) is 5.75 Å². The Morgan fingerprint density at radius 1 is 0.816 bits per heavy atom. The summed E-state index contributed by atoms with van der Waals surface area (Å²) in [6.45, 7) is 11.1. The number of rotatable bonds is 19. The van der Waals surface area contributed by atoms with Gasteiger partial charge < -0.3 is 14.0 Å². The number of nitrogens with zero attached hydrogens (tertiary/aromatic N) is 2. The minimum absolute atomic E-state index is 0.00247. The maximum Gasteiger partial charge on any atom is 0.210 e. The van der Waals surface area contributed by atoms with Crippen LogP contribution < -0.4 is 4.74 Å². The van der Waals surface area contributed by atoms with E-state index in [1.165, 1.54) is 64.6 Å². The third-order valence-electron chi connectivity index (χ3n) is 7.28. The van der Waals surface area contributed by atoms with E-state index in [0.29, 0.717) is 22.9 Å². The molecule has 3 aromatic rings. The highest BCUT2D eigenvalue weighted by molar-refractivity contribution is 6.35. The lowest BCUT2D eigenvalue weighted by molar-refractivity contribution is 0.103. The molecular formula is C33H47ClN2O2. The first-order valence-electron chi connectivity index (χ1n) is 14.9. The monoisotopic (exact) mass is 538 g/mol. The van der Waals surface area contributed by atoms with Gasteiger partial charge >= 0.3 is 0 Å². The van der Waals surface area contributed by atoms with Crippen molar-refractivity contribution in [2.45, 2.75) is 91.4 Å². The Balaban J connectivity index is 1.48. The molecule has 2 heterocycles. The zero-order chi connectivity index (χ0) is 27.2. The fraction of sp³-hybridized carbons (Fsp3) is 0.545. The minimum Gasteiger partial charge on any atom is -0.494 e. The van der Waals surface area contributed by atoms with E-state index in [4.69, 9.17) is 16.3 Å². The van der Waals surface area contributed by atoms with Gasteiger partial charge in [-0.3, -0.25) is 4.79 Å². The molecule has 0 unspecified atom stereocenters. The molecule has 0 fully saturated rings. The highest BCUT2D eigenvalue weighted by atomic mass is 35.5. The third kappa shape index (κ3) is 8.61. The first-order chi connectivity index (χ1) is 18.6. The molecule has 3 rings (SSSR count). The zero-order valence-corrected chi connectivity index (χ0v) is 24.6. The Morgan fingerprint density at radius 2 is 1.47 bits per heavy atom. The van der Waals surface area contributed by atoms with Crippen LogP contribution in [0, 0.1) is 0 Å². The van der Waals surface area contributed by atoms with Gasteiger partial charge in [0.15, 0.2) is 0 Å². The fourth-order valence-corrected chi connectivity index (χ4v) is 5.31. The summed E-state index contributed by atoms with van der Waals surface area (Å²) in [6, 6.07) is 13.4. The molecular weight excluding hydrogens is 492 g/mol. The second-order valence-corrected chi connectivity index (χ2v) is 10.7. The Morgan fingerprint density at radius 3 is 2.16 bits per heavy atom. The number of hydrogen-bond acceptors (Lipinski definition) is 3. The molecule has 0 saturated carbocycles. The number of carbonyl (C=O) groups is 1. The van der Waals surface area contributed by atoms with Gasteiger partial charge in [-0.1, -0.05) is 70.5 Å². The lowest BCUT2D eigenvalue weighted by atomic mass is 10.0. The summed E-state index contributed by atoms with van der Waals surface area (Å²) in [7, 11) is 0. The normalized spacial score (nSPS) is 11.5. The maximum absolute atomic E-state index is 13.6. The summed E-state index contributed by atoms with van der Waals surface area (Å²) in [4.78, 5) is 16.2. The van der Waals surface area contributed by atoms with E-state index in [9.17, 15) is 4.79 Å². The molecule has 4 nitrogen and oxygen atoms in total. The summed E-state index contributed by atoms with van der Waals surface area (Å²) in [5.74, 6) is 0.818. The highest BCUT2D eigenvalue weighted by Gasteiger charge is 2.23. The topological polar surface area (TPSA) is 34.0 Å². The Hall–Kier alpha value is -2.30. The van der Waals surface area contributed by atoms with Crippen LogP contribution in [0.4, 0.5) is 0 Å². The second kappa shape index (κ2) is 16.6. The van der Waals surface area contributed by atoms with Crippen molar-refractivity contribution in [3.05, 3.63) is 70.5 Å². The molecule has 208 valence electrons. The number of ketones is 1.